The van der Waals surface area contributed by atoms with Crippen molar-refractivity contribution < 1.29 is 27.8 Å². The second kappa shape index (κ2) is 10.3. The van der Waals surface area contributed by atoms with Crippen molar-refractivity contribution in [3.05, 3.63) is 60.2 Å². The number of aliphatic hydroxyl groups is 1. The summed E-state index contributed by atoms with van der Waals surface area (Å²) >= 11 is 0. The predicted molar refractivity (Wildman–Crippen MR) is 123 cm³/mol. The molecule has 4 atom stereocenters. The van der Waals surface area contributed by atoms with Crippen LogP contribution >= 0.6 is 0 Å². The van der Waals surface area contributed by atoms with Gasteiger partial charge < -0.3 is 19.9 Å². The Labute approximate surface area is 194 Å². The Morgan fingerprint density at radius 2 is 1.91 bits per heavy atom. The van der Waals surface area contributed by atoms with Crippen LogP contribution in [0.3, 0.4) is 0 Å². The normalized spacial score (nSPS) is 26.6. The number of anilines is 1. The number of β-amino-alcohol motifs (C(OH)–C–C–N with tert-alkyl or cyclic N) is 1. The summed E-state index contributed by atoms with van der Waals surface area (Å²) in [4.78, 5) is 12.7. The van der Waals surface area contributed by atoms with Crippen molar-refractivity contribution in [2.24, 2.45) is 0 Å². The molecule has 0 saturated carbocycles. The molecule has 0 unspecified atom stereocenters. The van der Waals surface area contributed by atoms with Gasteiger partial charge in [0.25, 0.3) is 0 Å². The van der Waals surface area contributed by atoms with E-state index in [1.54, 1.807) is 18.2 Å². The second-order valence-corrected chi connectivity index (χ2v) is 10.5. The molecule has 9 heteroatoms. The monoisotopic (exact) mass is 474 g/mol. The molecule has 4 rings (SSSR count). The third-order valence-corrected chi connectivity index (χ3v) is 7.89. The Balaban J connectivity index is 1.49. The summed E-state index contributed by atoms with van der Waals surface area (Å²) in [6.45, 7) is 1.94. The average molecular weight is 475 g/mol. The first-order valence-electron chi connectivity index (χ1n) is 11.2. The zero-order valence-electron chi connectivity index (χ0n) is 18.6. The van der Waals surface area contributed by atoms with E-state index >= 15 is 0 Å². The topological polar surface area (TPSA) is 105 Å². The van der Waals surface area contributed by atoms with E-state index in [0.717, 1.165) is 11.3 Å². The van der Waals surface area contributed by atoms with Crippen molar-refractivity contribution in [3.63, 3.8) is 0 Å². The minimum Gasteiger partial charge on any atom is -0.389 e. The first-order valence-corrected chi connectivity index (χ1v) is 12.6. The third kappa shape index (κ3) is 5.80. The van der Waals surface area contributed by atoms with Crippen molar-refractivity contribution in [1.82, 2.24) is 4.31 Å². The Morgan fingerprint density at radius 3 is 2.67 bits per heavy atom. The fourth-order valence-corrected chi connectivity index (χ4v) is 6.24. The number of ether oxygens (including phenoxy) is 2. The van der Waals surface area contributed by atoms with Gasteiger partial charge in [-0.1, -0.05) is 30.3 Å². The summed E-state index contributed by atoms with van der Waals surface area (Å²) in [5.41, 5.74) is 1.56. The fraction of sp³-hybridized carbons (Fsp3) is 0.458. The fourth-order valence-electron chi connectivity index (χ4n) is 4.42. The highest BCUT2D eigenvalue weighted by Crippen LogP contribution is 2.31. The molecule has 2 aliphatic rings. The van der Waals surface area contributed by atoms with E-state index in [1.165, 1.54) is 4.31 Å². The molecule has 2 heterocycles. The standard InChI is InChI=1S/C24H30N2O6S/c1-17-6-5-9-21(12-17)33(29,30)26-14-19(27)15-31-16-23-22(26)11-10-20(32-23)13-24(28)25-18-7-3-2-4-8-18/h2-9,12,19-20,22-23,27H,10-11,13-16H2,1H3,(H,25,28)/t19-,20-,22+,23-/m1/s1. The first kappa shape index (κ1) is 23.8. The lowest BCUT2D eigenvalue weighted by Crippen LogP contribution is -2.57. The lowest BCUT2D eigenvalue weighted by Gasteiger charge is -2.43. The summed E-state index contributed by atoms with van der Waals surface area (Å²) in [7, 11) is -3.85. The van der Waals surface area contributed by atoms with Crippen molar-refractivity contribution >= 4 is 21.6 Å². The quantitative estimate of drug-likeness (QED) is 0.689. The van der Waals surface area contributed by atoms with Crippen LogP contribution in [-0.4, -0.2) is 67.8 Å². The number of sulfonamides is 1. The number of carbonyl (C=O) groups excluding carboxylic acids is 1. The summed E-state index contributed by atoms with van der Waals surface area (Å²) in [5, 5.41) is 13.2. The molecule has 0 spiro atoms. The van der Waals surface area contributed by atoms with Gasteiger partial charge in [0, 0.05) is 12.2 Å². The average Bonchev–Trinajstić information content (AvgIpc) is 2.77. The number of aliphatic hydroxyl groups excluding tert-OH is 1. The van der Waals surface area contributed by atoms with Crippen LogP contribution in [0.5, 0.6) is 0 Å². The number of nitrogens with one attached hydrogen (secondary N) is 1. The summed E-state index contributed by atoms with van der Waals surface area (Å²) in [5.74, 6) is -0.156. The molecule has 2 aliphatic heterocycles. The number of benzene rings is 2. The maximum Gasteiger partial charge on any atom is 0.243 e. The molecular weight excluding hydrogens is 444 g/mol. The lowest BCUT2D eigenvalue weighted by atomic mass is 9.96. The molecule has 0 bridgehead atoms. The number of carbonyl (C=O) groups is 1. The highest BCUT2D eigenvalue weighted by atomic mass is 32.2. The van der Waals surface area contributed by atoms with Crippen LogP contribution in [0.1, 0.15) is 24.8 Å². The number of para-hydroxylation sites is 1. The smallest absolute Gasteiger partial charge is 0.243 e. The summed E-state index contributed by atoms with van der Waals surface area (Å²) in [6, 6.07) is 15.5. The Morgan fingerprint density at radius 1 is 1.12 bits per heavy atom. The van der Waals surface area contributed by atoms with Gasteiger partial charge in [-0.2, -0.15) is 4.31 Å². The van der Waals surface area contributed by atoms with Gasteiger partial charge in [-0.05, 0) is 49.6 Å². The number of aryl methyl sites for hydroxylation is 1. The van der Waals surface area contributed by atoms with E-state index < -0.39 is 28.3 Å². The molecule has 2 fully saturated rings. The van der Waals surface area contributed by atoms with Crippen molar-refractivity contribution in [2.45, 2.75) is 55.4 Å². The molecule has 0 aromatic heterocycles. The molecule has 2 saturated heterocycles. The molecule has 2 aromatic carbocycles. The maximum atomic E-state index is 13.5. The largest absolute Gasteiger partial charge is 0.389 e. The summed E-state index contributed by atoms with van der Waals surface area (Å²) < 4.78 is 40.2. The van der Waals surface area contributed by atoms with Crippen LogP contribution in [0.15, 0.2) is 59.5 Å². The lowest BCUT2D eigenvalue weighted by molar-refractivity contribution is -0.144. The van der Waals surface area contributed by atoms with Crippen LogP contribution in [0.2, 0.25) is 0 Å². The Bertz CT molecular complexity index is 1060. The predicted octanol–water partition coefficient (Wildman–Crippen LogP) is 2.32. The highest BCUT2D eigenvalue weighted by molar-refractivity contribution is 7.89. The van der Waals surface area contributed by atoms with Crippen molar-refractivity contribution in [3.8, 4) is 0 Å². The SMILES string of the molecule is Cc1cccc(S(=O)(=O)N2C[C@@H](O)COC[C@H]3O[C@@H](CC(=O)Nc4ccccc4)CC[C@@H]32)c1. The van der Waals surface area contributed by atoms with Crippen LogP contribution in [-0.2, 0) is 24.3 Å². The first-order chi connectivity index (χ1) is 15.8. The van der Waals surface area contributed by atoms with Crippen LogP contribution in [0, 0.1) is 6.92 Å². The van der Waals surface area contributed by atoms with E-state index in [0.29, 0.717) is 12.8 Å². The van der Waals surface area contributed by atoms with Crippen molar-refractivity contribution in [1.29, 1.82) is 0 Å². The number of amides is 1. The van der Waals surface area contributed by atoms with Crippen LogP contribution < -0.4 is 5.32 Å². The number of fused-ring (bicyclic) bond motifs is 1. The zero-order chi connectivity index (χ0) is 23.4. The molecule has 2 aromatic rings. The van der Waals surface area contributed by atoms with Gasteiger partial charge in [-0.25, -0.2) is 8.42 Å². The summed E-state index contributed by atoms with van der Waals surface area (Å²) in [6.07, 6.45) is -0.591. The molecule has 0 aliphatic carbocycles. The van der Waals surface area contributed by atoms with E-state index in [1.807, 2.05) is 43.3 Å². The van der Waals surface area contributed by atoms with Gasteiger partial charge in [0.15, 0.2) is 0 Å². The minimum absolute atomic E-state index is 0.0194. The third-order valence-electron chi connectivity index (χ3n) is 6.00. The van der Waals surface area contributed by atoms with Crippen LogP contribution in [0.4, 0.5) is 5.69 Å². The Kier molecular flexibility index (Phi) is 7.45. The molecule has 1 amide bonds. The van der Waals surface area contributed by atoms with Gasteiger partial charge >= 0.3 is 0 Å². The molecule has 178 valence electrons. The number of rotatable bonds is 5. The molecule has 33 heavy (non-hydrogen) atoms. The number of nitrogens with zero attached hydrogens (tertiary/aromatic N) is 1. The van der Waals surface area contributed by atoms with E-state index in [4.69, 9.17) is 9.47 Å². The van der Waals surface area contributed by atoms with Crippen molar-refractivity contribution in [2.75, 3.05) is 25.1 Å². The van der Waals surface area contributed by atoms with Gasteiger partial charge in [0.1, 0.15) is 0 Å². The molecule has 0 radical (unpaired) electrons. The molecular formula is C24H30N2O6S. The minimum atomic E-state index is -3.85. The van der Waals surface area contributed by atoms with E-state index in [2.05, 4.69) is 5.32 Å². The van der Waals surface area contributed by atoms with Gasteiger partial charge in [-0.3, -0.25) is 4.79 Å². The van der Waals surface area contributed by atoms with Gasteiger partial charge in [0.05, 0.1) is 48.9 Å². The second-order valence-electron chi connectivity index (χ2n) is 8.64. The van der Waals surface area contributed by atoms with E-state index in [9.17, 15) is 18.3 Å². The van der Waals surface area contributed by atoms with Gasteiger partial charge in [0.2, 0.25) is 15.9 Å². The highest BCUT2D eigenvalue weighted by Gasteiger charge is 2.43. The van der Waals surface area contributed by atoms with Crippen LogP contribution in [0.25, 0.3) is 0 Å². The van der Waals surface area contributed by atoms with E-state index in [-0.39, 0.29) is 43.1 Å². The number of hydrogen-bond acceptors (Lipinski definition) is 6. The molecule has 2 N–H and O–H groups in total. The Hall–Kier alpha value is -2.30. The molecule has 8 nitrogen and oxygen atoms in total. The zero-order valence-corrected chi connectivity index (χ0v) is 19.4. The van der Waals surface area contributed by atoms with Gasteiger partial charge in [-0.15, -0.1) is 0 Å². The number of hydrogen-bond donors (Lipinski definition) is 2. The maximum absolute atomic E-state index is 13.5.